The average Bonchev–Trinajstić information content (AvgIpc) is 2.99. The van der Waals surface area contributed by atoms with Crippen molar-refractivity contribution in [1.82, 2.24) is 15.3 Å². The quantitative estimate of drug-likeness (QED) is 0.135. The standard InChI is InChI=1S/C32H37ClF3N3O3/c33-31-26(14-7-16-29(31)32(34,35)36)20-38(18-9-19-42-27-15-8-17-39(21-27)23-30(40)37-41)22-28(24-10-3-1-4-11-24)25-12-5-2-6-13-25/h1-7,10-14,16,27-28,41H,8-9,15,17-23H2,(H,37,40). The Balaban J connectivity index is 1.48. The van der Waals surface area contributed by atoms with Gasteiger partial charge in [-0.2, -0.15) is 13.2 Å². The molecule has 1 atom stereocenters. The second-order valence-electron chi connectivity index (χ2n) is 10.6. The van der Waals surface area contributed by atoms with Gasteiger partial charge in [0.15, 0.2) is 0 Å². The molecule has 2 N–H and O–H groups in total. The lowest BCUT2D eigenvalue weighted by atomic mass is 9.90. The third kappa shape index (κ3) is 9.28. The maximum atomic E-state index is 13.6. The number of carbonyl (C=O) groups is 1. The van der Waals surface area contributed by atoms with Crippen molar-refractivity contribution >= 4 is 17.5 Å². The Bertz CT molecular complexity index is 1220. The third-order valence-corrected chi connectivity index (χ3v) is 8.00. The van der Waals surface area contributed by atoms with E-state index in [-0.39, 0.29) is 30.1 Å². The van der Waals surface area contributed by atoms with Crippen molar-refractivity contribution < 1.29 is 27.9 Å². The van der Waals surface area contributed by atoms with Crippen molar-refractivity contribution in [2.45, 2.75) is 44.0 Å². The molecule has 0 bridgehead atoms. The number of alkyl halides is 3. The van der Waals surface area contributed by atoms with Gasteiger partial charge in [-0.3, -0.25) is 19.8 Å². The predicted octanol–water partition coefficient (Wildman–Crippen LogP) is 6.37. The van der Waals surface area contributed by atoms with Crippen molar-refractivity contribution in [1.29, 1.82) is 0 Å². The number of hydroxylamine groups is 1. The van der Waals surface area contributed by atoms with Gasteiger partial charge in [-0.15, -0.1) is 0 Å². The number of likely N-dealkylation sites (tertiary alicyclic amines) is 1. The Kier molecular flexibility index (Phi) is 11.8. The zero-order valence-electron chi connectivity index (χ0n) is 23.4. The maximum absolute atomic E-state index is 13.6. The van der Waals surface area contributed by atoms with Crippen LogP contribution in [0.15, 0.2) is 78.9 Å². The summed E-state index contributed by atoms with van der Waals surface area (Å²) in [4.78, 5) is 15.6. The normalized spacial score (nSPS) is 16.2. The molecule has 0 saturated carbocycles. The average molecular weight is 604 g/mol. The molecular formula is C32H37ClF3N3O3. The van der Waals surface area contributed by atoms with Gasteiger partial charge in [0, 0.05) is 38.7 Å². The minimum atomic E-state index is -4.53. The molecule has 0 spiro atoms. The van der Waals surface area contributed by atoms with Crippen LogP contribution in [0.25, 0.3) is 0 Å². The summed E-state index contributed by atoms with van der Waals surface area (Å²) in [5.74, 6) is -0.451. The summed E-state index contributed by atoms with van der Waals surface area (Å²) >= 11 is 6.31. The monoisotopic (exact) mass is 603 g/mol. The van der Waals surface area contributed by atoms with E-state index in [2.05, 4.69) is 29.2 Å². The smallest absolute Gasteiger partial charge is 0.377 e. The van der Waals surface area contributed by atoms with E-state index in [1.807, 2.05) is 41.3 Å². The number of nitrogens with zero attached hydrogens (tertiary/aromatic N) is 2. The number of hydrogen-bond donors (Lipinski definition) is 2. The summed E-state index contributed by atoms with van der Waals surface area (Å²) in [5.41, 5.74) is 3.51. The van der Waals surface area contributed by atoms with Crippen molar-refractivity contribution in [2.75, 3.05) is 39.3 Å². The summed E-state index contributed by atoms with van der Waals surface area (Å²) in [6.45, 7) is 3.37. The zero-order chi connectivity index (χ0) is 30.0. The molecular weight excluding hydrogens is 567 g/mol. The number of amides is 1. The molecule has 3 aromatic carbocycles. The number of halogens is 4. The van der Waals surface area contributed by atoms with Crippen LogP contribution in [-0.2, 0) is 22.3 Å². The van der Waals surface area contributed by atoms with Crippen LogP contribution in [0.2, 0.25) is 5.02 Å². The van der Waals surface area contributed by atoms with Crippen molar-refractivity contribution in [3.8, 4) is 0 Å². The van der Waals surface area contributed by atoms with Crippen LogP contribution in [0, 0.1) is 0 Å². The number of nitrogens with one attached hydrogen (secondary N) is 1. The second kappa shape index (κ2) is 15.5. The van der Waals surface area contributed by atoms with Crippen LogP contribution in [-0.4, -0.2) is 66.3 Å². The van der Waals surface area contributed by atoms with E-state index in [0.717, 1.165) is 36.6 Å². The molecule has 6 nitrogen and oxygen atoms in total. The van der Waals surface area contributed by atoms with Crippen molar-refractivity contribution in [2.24, 2.45) is 0 Å². The number of hydrogen-bond acceptors (Lipinski definition) is 5. The van der Waals surface area contributed by atoms with Gasteiger partial charge in [-0.1, -0.05) is 84.4 Å². The van der Waals surface area contributed by atoms with E-state index in [0.29, 0.717) is 38.2 Å². The fraction of sp³-hybridized carbons (Fsp3) is 0.406. The molecule has 1 fully saturated rings. The predicted molar refractivity (Wildman–Crippen MR) is 156 cm³/mol. The molecule has 1 aliphatic heterocycles. The highest BCUT2D eigenvalue weighted by Gasteiger charge is 2.34. The van der Waals surface area contributed by atoms with Gasteiger partial charge in [0.05, 0.1) is 23.2 Å². The summed E-state index contributed by atoms with van der Waals surface area (Å²) in [6, 6.07) is 24.2. The van der Waals surface area contributed by atoms with E-state index >= 15 is 0 Å². The van der Waals surface area contributed by atoms with Crippen LogP contribution in [0.5, 0.6) is 0 Å². The fourth-order valence-corrected chi connectivity index (χ4v) is 5.79. The number of piperidine rings is 1. The molecule has 1 heterocycles. The van der Waals surface area contributed by atoms with Gasteiger partial charge >= 0.3 is 6.18 Å². The maximum Gasteiger partial charge on any atom is 0.417 e. The van der Waals surface area contributed by atoms with Crippen LogP contribution >= 0.6 is 11.6 Å². The molecule has 226 valence electrons. The van der Waals surface area contributed by atoms with E-state index in [4.69, 9.17) is 21.5 Å². The van der Waals surface area contributed by atoms with Crippen LogP contribution in [0.3, 0.4) is 0 Å². The topological polar surface area (TPSA) is 65.0 Å². The number of rotatable bonds is 13. The molecule has 1 saturated heterocycles. The minimum absolute atomic E-state index is 0.00228. The fourth-order valence-electron chi connectivity index (χ4n) is 5.50. The second-order valence-corrected chi connectivity index (χ2v) is 11.0. The molecule has 10 heteroatoms. The zero-order valence-corrected chi connectivity index (χ0v) is 24.2. The lowest BCUT2D eigenvalue weighted by Gasteiger charge is -2.32. The lowest BCUT2D eigenvalue weighted by molar-refractivity contribution is -0.137. The molecule has 3 aromatic rings. The van der Waals surface area contributed by atoms with E-state index in [1.54, 1.807) is 11.5 Å². The molecule has 1 unspecified atom stereocenters. The number of ether oxygens (including phenoxy) is 1. The van der Waals surface area contributed by atoms with E-state index in [9.17, 15) is 18.0 Å². The number of benzene rings is 3. The molecule has 1 amide bonds. The third-order valence-electron chi connectivity index (χ3n) is 7.55. The summed E-state index contributed by atoms with van der Waals surface area (Å²) in [7, 11) is 0. The highest BCUT2D eigenvalue weighted by Crippen LogP contribution is 2.37. The van der Waals surface area contributed by atoms with E-state index in [1.165, 1.54) is 6.07 Å². The van der Waals surface area contributed by atoms with Crippen LogP contribution in [0.4, 0.5) is 13.2 Å². The van der Waals surface area contributed by atoms with E-state index < -0.39 is 17.6 Å². The first kappa shape index (κ1) is 32.0. The van der Waals surface area contributed by atoms with Gasteiger partial charge in [0.1, 0.15) is 0 Å². The summed E-state index contributed by atoms with van der Waals surface area (Å²) in [5, 5.41) is 8.55. The van der Waals surface area contributed by atoms with Crippen LogP contribution in [0.1, 0.15) is 47.4 Å². The molecule has 0 radical (unpaired) electrons. The Morgan fingerprint density at radius 1 is 1.05 bits per heavy atom. The van der Waals surface area contributed by atoms with Crippen molar-refractivity contribution in [3.05, 3.63) is 106 Å². The summed E-state index contributed by atoms with van der Waals surface area (Å²) in [6.07, 6.45) is -2.13. The minimum Gasteiger partial charge on any atom is -0.377 e. The molecule has 0 aromatic heterocycles. The molecule has 1 aliphatic rings. The Morgan fingerprint density at radius 2 is 1.71 bits per heavy atom. The largest absolute Gasteiger partial charge is 0.417 e. The SMILES string of the molecule is O=C(CN1CCCC(OCCCN(Cc2cccc(C(F)(F)F)c2Cl)CC(c2ccccc2)c2ccccc2)C1)NO. The molecule has 42 heavy (non-hydrogen) atoms. The molecule has 0 aliphatic carbocycles. The summed E-state index contributed by atoms with van der Waals surface area (Å²) < 4.78 is 47.0. The van der Waals surface area contributed by atoms with Gasteiger partial charge in [0.2, 0.25) is 0 Å². The van der Waals surface area contributed by atoms with Gasteiger partial charge in [-0.25, -0.2) is 5.48 Å². The Morgan fingerprint density at radius 3 is 2.33 bits per heavy atom. The van der Waals surface area contributed by atoms with Crippen molar-refractivity contribution in [3.63, 3.8) is 0 Å². The number of carbonyl (C=O) groups excluding carboxylic acids is 1. The molecule has 4 rings (SSSR count). The first-order valence-electron chi connectivity index (χ1n) is 14.2. The van der Waals surface area contributed by atoms with Gasteiger partial charge in [-0.05, 0) is 48.6 Å². The highest BCUT2D eigenvalue weighted by atomic mass is 35.5. The lowest BCUT2D eigenvalue weighted by Crippen LogP contribution is -2.44. The Hall–Kier alpha value is -2.95. The van der Waals surface area contributed by atoms with Crippen LogP contribution < -0.4 is 5.48 Å². The van der Waals surface area contributed by atoms with Gasteiger partial charge < -0.3 is 4.74 Å². The van der Waals surface area contributed by atoms with Gasteiger partial charge in [0.25, 0.3) is 5.91 Å². The highest BCUT2D eigenvalue weighted by molar-refractivity contribution is 6.32. The Labute approximate surface area is 250 Å². The first-order valence-corrected chi connectivity index (χ1v) is 14.6. The first-order chi connectivity index (χ1) is 20.2.